The lowest BCUT2D eigenvalue weighted by Crippen LogP contribution is -2.51. The first-order chi connectivity index (χ1) is 9.86. The van der Waals surface area contributed by atoms with E-state index in [0.29, 0.717) is 19.6 Å². The third-order valence-corrected chi connectivity index (χ3v) is 5.81. The Bertz CT molecular complexity index is 572. The van der Waals surface area contributed by atoms with Crippen LogP contribution in [0, 0.1) is 0 Å². The number of likely N-dealkylation sites (N-methyl/N-ethyl adjacent to an activating group) is 1. The molecule has 1 aliphatic heterocycles. The van der Waals surface area contributed by atoms with Gasteiger partial charge in [0.1, 0.15) is 5.75 Å². The molecule has 6 nitrogen and oxygen atoms in total. The maximum atomic E-state index is 12.3. The summed E-state index contributed by atoms with van der Waals surface area (Å²) in [5, 5.41) is 0. The van der Waals surface area contributed by atoms with Crippen LogP contribution in [0.15, 0.2) is 24.3 Å². The van der Waals surface area contributed by atoms with Crippen molar-refractivity contribution < 1.29 is 13.2 Å². The molecule has 1 saturated heterocycles. The van der Waals surface area contributed by atoms with Gasteiger partial charge in [0.15, 0.2) is 0 Å². The van der Waals surface area contributed by atoms with Crippen LogP contribution in [0.5, 0.6) is 5.75 Å². The van der Waals surface area contributed by atoms with Crippen molar-refractivity contribution in [1.29, 1.82) is 0 Å². The number of benzene rings is 1. The van der Waals surface area contributed by atoms with Gasteiger partial charge in [0.2, 0.25) is 0 Å². The van der Waals surface area contributed by atoms with E-state index in [2.05, 4.69) is 4.90 Å². The molecule has 21 heavy (non-hydrogen) atoms. The Morgan fingerprint density at radius 3 is 2.33 bits per heavy atom. The van der Waals surface area contributed by atoms with Crippen molar-refractivity contribution in [3.63, 3.8) is 0 Å². The first-order valence-electron chi connectivity index (χ1n) is 6.88. The lowest BCUT2D eigenvalue weighted by Gasteiger charge is -2.39. The molecule has 0 saturated carbocycles. The highest BCUT2D eigenvalue weighted by Crippen LogP contribution is 2.27. The number of rotatable bonds is 4. The van der Waals surface area contributed by atoms with Gasteiger partial charge in [-0.05, 0) is 24.7 Å². The van der Waals surface area contributed by atoms with Crippen LogP contribution in [0.25, 0.3) is 0 Å². The van der Waals surface area contributed by atoms with Crippen LogP contribution in [0.4, 0.5) is 0 Å². The first kappa shape index (κ1) is 16.2. The van der Waals surface area contributed by atoms with E-state index < -0.39 is 10.2 Å². The van der Waals surface area contributed by atoms with Gasteiger partial charge in [0.05, 0.1) is 7.11 Å². The van der Waals surface area contributed by atoms with Gasteiger partial charge in [-0.2, -0.15) is 17.0 Å². The van der Waals surface area contributed by atoms with Gasteiger partial charge >= 0.3 is 0 Å². The van der Waals surface area contributed by atoms with Crippen LogP contribution in [0.3, 0.4) is 0 Å². The molecule has 118 valence electrons. The van der Waals surface area contributed by atoms with Gasteiger partial charge < -0.3 is 4.74 Å². The predicted octanol–water partition coefficient (Wildman–Crippen LogP) is 0.790. The Balaban J connectivity index is 2.21. The van der Waals surface area contributed by atoms with Gasteiger partial charge in [-0.1, -0.05) is 12.1 Å². The Morgan fingerprint density at radius 1 is 1.19 bits per heavy atom. The monoisotopic (exact) mass is 313 g/mol. The summed E-state index contributed by atoms with van der Waals surface area (Å²) in [6.45, 7) is 1.69. The van der Waals surface area contributed by atoms with Crippen molar-refractivity contribution in [3.05, 3.63) is 29.8 Å². The summed E-state index contributed by atoms with van der Waals surface area (Å²) >= 11 is 0. The molecule has 1 aliphatic rings. The second-order valence-electron chi connectivity index (χ2n) is 5.42. The number of hydrogen-bond acceptors (Lipinski definition) is 4. The van der Waals surface area contributed by atoms with E-state index in [-0.39, 0.29) is 6.04 Å². The molecule has 1 aromatic rings. The molecule has 0 aromatic heterocycles. The molecule has 0 radical (unpaired) electrons. The van der Waals surface area contributed by atoms with Crippen LogP contribution >= 0.6 is 0 Å². The van der Waals surface area contributed by atoms with E-state index in [1.807, 2.05) is 31.3 Å². The van der Waals surface area contributed by atoms with Crippen molar-refractivity contribution in [2.24, 2.45) is 0 Å². The SMILES string of the molecule is COc1ccc([C@H]2CN(S(=O)(=O)N(C)C)CCN2C)cc1. The zero-order valence-corrected chi connectivity index (χ0v) is 13.8. The lowest BCUT2D eigenvalue weighted by molar-refractivity contribution is 0.144. The number of nitrogens with zero attached hydrogens (tertiary/aromatic N) is 3. The fraction of sp³-hybridized carbons (Fsp3) is 0.571. The Labute approximate surface area is 127 Å². The van der Waals surface area contributed by atoms with Crippen molar-refractivity contribution in [3.8, 4) is 5.75 Å². The highest BCUT2D eigenvalue weighted by molar-refractivity contribution is 7.86. The fourth-order valence-electron chi connectivity index (χ4n) is 2.48. The minimum atomic E-state index is -3.36. The molecular formula is C14H23N3O3S. The molecule has 1 heterocycles. The summed E-state index contributed by atoms with van der Waals surface area (Å²) in [7, 11) is 3.42. The van der Waals surface area contributed by atoms with Crippen LogP contribution in [0.1, 0.15) is 11.6 Å². The van der Waals surface area contributed by atoms with Gasteiger partial charge in [-0.25, -0.2) is 0 Å². The lowest BCUT2D eigenvalue weighted by atomic mass is 10.0. The zero-order valence-electron chi connectivity index (χ0n) is 13.0. The Hall–Kier alpha value is -1.15. The third kappa shape index (κ3) is 3.37. The van der Waals surface area contributed by atoms with Crippen LogP contribution in [-0.4, -0.2) is 69.8 Å². The molecule has 0 spiro atoms. The van der Waals surface area contributed by atoms with E-state index in [4.69, 9.17) is 4.74 Å². The summed E-state index contributed by atoms with van der Waals surface area (Å²) in [6, 6.07) is 7.85. The smallest absolute Gasteiger partial charge is 0.281 e. The molecule has 0 aliphatic carbocycles. The molecule has 1 atom stereocenters. The van der Waals surface area contributed by atoms with Crippen LogP contribution in [0.2, 0.25) is 0 Å². The van der Waals surface area contributed by atoms with E-state index in [1.165, 1.54) is 4.31 Å². The molecule has 0 unspecified atom stereocenters. The maximum Gasteiger partial charge on any atom is 0.281 e. The Morgan fingerprint density at radius 2 is 1.81 bits per heavy atom. The molecule has 0 bridgehead atoms. The molecule has 0 N–H and O–H groups in total. The predicted molar refractivity (Wildman–Crippen MR) is 82.5 cm³/mol. The van der Waals surface area contributed by atoms with Crippen molar-refractivity contribution >= 4 is 10.2 Å². The summed E-state index contributed by atoms with van der Waals surface area (Å²) in [4.78, 5) is 2.18. The number of piperazine rings is 1. The Kier molecular flexibility index (Phi) is 4.88. The molecule has 2 rings (SSSR count). The van der Waals surface area contributed by atoms with Crippen molar-refractivity contribution in [1.82, 2.24) is 13.5 Å². The average molecular weight is 313 g/mol. The van der Waals surface area contributed by atoms with Gasteiger partial charge in [0, 0.05) is 39.8 Å². The van der Waals surface area contributed by atoms with Crippen LogP contribution < -0.4 is 4.74 Å². The molecule has 1 aromatic carbocycles. The summed E-state index contributed by atoms with van der Waals surface area (Å²) in [5.74, 6) is 0.801. The van der Waals surface area contributed by atoms with Gasteiger partial charge in [-0.3, -0.25) is 4.90 Å². The standard InChI is InChI=1S/C14H23N3O3S/c1-15(2)21(18,19)17-10-9-16(3)14(11-17)12-5-7-13(20-4)8-6-12/h5-8,14H,9-11H2,1-4H3/t14-/m1/s1. The third-order valence-electron chi connectivity index (χ3n) is 3.90. The number of methoxy groups -OCH3 is 1. The zero-order chi connectivity index (χ0) is 15.6. The summed E-state index contributed by atoms with van der Waals surface area (Å²) < 4.78 is 32.5. The molecule has 1 fully saturated rings. The second kappa shape index (κ2) is 6.31. The summed E-state index contributed by atoms with van der Waals surface area (Å²) in [6.07, 6.45) is 0. The molecule has 7 heteroatoms. The number of hydrogen-bond donors (Lipinski definition) is 0. The van der Waals surface area contributed by atoms with Crippen molar-refractivity contribution in [2.75, 3.05) is 47.9 Å². The number of ether oxygens (including phenoxy) is 1. The minimum Gasteiger partial charge on any atom is -0.497 e. The largest absolute Gasteiger partial charge is 0.497 e. The van der Waals surface area contributed by atoms with Gasteiger partial charge in [-0.15, -0.1) is 0 Å². The highest BCUT2D eigenvalue weighted by Gasteiger charge is 2.33. The van der Waals surface area contributed by atoms with Gasteiger partial charge in [0.25, 0.3) is 10.2 Å². The van der Waals surface area contributed by atoms with E-state index >= 15 is 0 Å². The van der Waals surface area contributed by atoms with Crippen LogP contribution in [-0.2, 0) is 10.2 Å². The van der Waals surface area contributed by atoms with Crippen molar-refractivity contribution in [2.45, 2.75) is 6.04 Å². The van der Waals surface area contributed by atoms with E-state index in [1.54, 1.807) is 25.5 Å². The van der Waals surface area contributed by atoms with E-state index in [9.17, 15) is 8.42 Å². The quantitative estimate of drug-likeness (QED) is 0.825. The summed E-state index contributed by atoms with van der Waals surface area (Å²) in [5.41, 5.74) is 1.09. The minimum absolute atomic E-state index is 0.0550. The van der Waals surface area contributed by atoms with E-state index in [0.717, 1.165) is 11.3 Å². The topological polar surface area (TPSA) is 53.1 Å². The second-order valence-corrected chi connectivity index (χ2v) is 7.56. The normalized spacial score (nSPS) is 21.7. The highest BCUT2D eigenvalue weighted by atomic mass is 32.2. The fourth-order valence-corrected chi connectivity index (χ4v) is 3.58. The molecular weight excluding hydrogens is 290 g/mol. The molecule has 0 amide bonds. The maximum absolute atomic E-state index is 12.3. The average Bonchev–Trinajstić information content (AvgIpc) is 2.47. The first-order valence-corrected chi connectivity index (χ1v) is 8.27.